The highest BCUT2D eigenvalue weighted by Crippen LogP contribution is 2.20. The Morgan fingerprint density at radius 1 is 1.43 bits per heavy atom. The molecule has 1 heterocycles. The summed E-state index contributed by atoms with van der Waals surface area (Å²) in [6.07, 6.45) is 0.895. The summed E-state index contributed by atoms with van der Waals surface area (Å²) in [4.78, 5) is 3.35. The highest BCUT2D eigenvalue weighted by atomic mass is 79.9. The van der Waals surface area contributed by atoms with Gasteiger partial charge in [0.1, 0.15) is 0 Å². The summed E-state index contributed by atoms with van der Waals surface area (Å²) in [5.74, 6) is 0. The first-order valence-electron chi connectivity index (χ1n) is 4.68. The van der Waals surface area contributed by atoms with Crippen molar-refractivity contribution >= 4 is 26.8 Å². The van der Waals surface area contributed by atoms with Crippen LogP contribution in [0.25, 0.3) is 10.9 Å². The number of fused-ring (bicyclic) bond motifs is 1. The van der Waals surface area contributed by atoms with Crippen molar-refractivity contribution in [1.29, 1.82) is 0 Å². The first kappa shape index (κ1) is 9.74. The maximum atomic E-state index is 5.75. The van der Waals surface area contributed by atoms with Crippen LogP contribution in [0.2, 0.25) is 0 Å². The second kappa shape index (κ2) is 3.75. The Bertz CT molecular complexity index is 445. The lowest BCUT2D eigenvalue weighted by Gasteiger charge is -2.00. The zero-order valence-corrected chi connectivity index (χ0v) is 9.64. The largest absolute Gasteiger partial charge is 0.358 e. The third-order valence-corrected chi connectivity index (χ3v) is 2.67. The van der Waals surface area contributed by atoms with E-state index in [1.165, 1.54) is 16.6 Å². The quantitative estimate of drug-likeness (QED) is 0.849. The van der Waals surface area contributed by atoms with Crippen molar-refractivity contribution in [3.8, 4) is 0 Å². The molecular weight excluding hydrogens is 240 g/mol. The Balaban J connectivity index is 2.41. The topological polar surface area (TPSA) is 41.8 Å². The zero-order valence-electron chi connectivity index (χ0n) is 8.05. The van der Waals surface area contributed by atoms with Crippen LogP contribution >= 0.6 is 15.9 Å². The summed E-state index contributed by atoms with van der Waals surface area (Å²) in [5, 5.41) is 1.23. The summed E-state index contributed by atoms with van der Waals surface area (Å²) in [5.41, 5.74) is 8.12. The molecule has 0 fully saturated rings. The lowest BCUT2D eigenvalue weighted by Crippen LogP contribution is -2.17. The molecule has 2 rings (SSSR count). The van der Waals surface area contributed by atoms with Gasteiger partial charge in [0, 0.05) is 33.5 Å². The second-order valence-corrected chi connectivity index (χ2v) is 4.62. The summed E-state index contributed by atoms with van der Waals surface area (Å²) in [6, 6.07) is 8.57. The van der Waals surface area contributed by atoms with Crippen LogP contribution in [-0.2, 0) is 6.42 Å². The average Bonchev–Trinajstić information content (AvgIpc) is 2.44. The Kier molecular flexibility index (Phi) is 2.61. The van der Waals surface area contributed by atoms with E-state index in [0.717, 1.165) is 10.9 Å². The molecular formula is C11H13BrN2. The summed E-state index contributed by atoms with van der Waals surface area (Å²) in [6.45, 7) is 2.02. The number of hydrogen-bond donors (Lipinski definition) is 2. The number of H-pyrrole nitrogens is 1. The van der Waals surface area contributed by atoms with E-state index in [4.69, 9.17) is 5.73 Å². The van der Waals surface area contributed by atoms with Crippen molar-refractivity contribution in [2.24, 2.45) is 5.73 Å². The Hall–Kier alpha value is -0.800. The SMILES string of the molecule is C[C@H](N)Cc1cc2cc(Br)ccc2[nH]1. The molecule has 1 aromatic carbocycles. The summed E-state index contributed by atoms with van der Waals surface area (Å²) in [7, 11) is 0. The van der Waals surface area contributed by atoms with E-state index in [1.54, 1.807) is 0 Å². The molecule has 74 valence electrons. The van der Waals surface area contributed by atoms with E-state index in [-0.39, 0.29) is 6.04 Å². The highest BCUT2D eigenvalue weighted by Gasteiger charge is 2.03. The number of halogens is 1. The van der Waals surface area contributed by atoms with Crippen molar-refractivity contribution in [2.45, 2.75) is 19.4 Å². The molecule has 2 aromatic rings. The smallest absolute Gasteiger partial charge is 0.0456 e. The third-order valence-electron chi connectivity index (χ3n) is 2.18. The minimum absolute atomic E-state index is 0.200. The Labute approximate surface area is 91.6 Å². The van der Waals surface area contributed by atoms with Crippen LogP contribution in [0.1, 0.15) is 12.6 Å². The van der Waals surface area contributed by atoms with Crippen LogP contribution in [0, 0.1) is 0 Å². The van der Waals surface area contributed by atoms with E-state index in [2.05, 4.69) is 39.1 Å². The first-order valence-corrected chi connectivity index (χ1v) is 5.47. The van der Waals surface area contributed by atoms with Crippen LogP contribution in [0.5, 0.6) is 0 Å². The number of nitrogens with one attached hydrogen (secondary N) is 1. The third kappa shape index (κ3) is 1.99. The van der Waals surface area contributed by atoms with E-state index in [0.29, 0.717) is 0 Å². The maximum absolute atomic E-state index is 5.75. The number of aromatic nitrogens is 1. The molecule has 2 nitrogen and oxygen atoms in total. The van der Waals surface area contributed by atoms with Gasteiger partial charge in [0.25, 0.3) is 0 Å². The molecule has 1 atom stereocenters. The molecule has 0 aliphatic carbocycles. The van der Waals surface area contributed by atoms with Crippen molar-refractivity contribution in [1.82, 2.24) is 4.98 Å². The van der Waals surface area contributed by atoms with E-state index < -0.39 is 0 Å². The molecule has 3 N–H and O–H groups in total. The number of aromatic amines is 1. The molecule has 0 bridgehead atoms. The number of benzene rings is 1. The van der Waals surface area contributed by atoms with Crippen molar-refractivity contribution in [3.63, 3.8) is 0 Å². The monoisotopic (exact) mass is 252 g/mol. The molecule has 0 saturated heterocycles. The van der Waals surface area contributed by atoms with Crippen molar-refractivity contribution < 1.29 is 0 Å². The molecule has 0 amide bonds. The van der Waals surface area contributed by atoms with Crippen molar-refractivity contribution in [2.75, 3.05) is 0 Å². The number of nitrogens with two attached hydrogens (primary N) is 1. The average molecular weight is 253 g/mol. The van der Waals surface area contributed by atoms with Gasteiger partial charge >= 0.3 is 0 Å². The second-order valence-electron chi connectivity index (χ2n) is 3.71. The lowest BCUT2D eigenvalue weighted by molar-refractivity contribution is 0.727. The van der Waals surface area contributed by atoms with Gasteiger partial charge in [-0.25, -0.2) is 0 Å². The van der Waals surface area contributed by atoms with Crippen LogP contribution < -0.4 is 5.73 Å². The van der Waals surface area contributed by atoms with Crippen LogP contribution in [0.3, 0.4) is 0 Å². The molecule has 0 aliphatic rings. The van der Waals surface area contributed by atoms with Gasteiger partial charge in [-0.2, -0.15) is 0 Å². The highest BCUT2D eigenvalue weighted by molar-refractivity contribution is 9.10. The fraction of sp³-hybridized carbons (Fsp3) is 0.273. The van der Waals surface area contributed by atoms with Crippen LogP contribution in [0.4, 0.5) is 0 Å². The van der Waals surface area contributed by atoms with Gasteiger partial charge in [0.2, 0.25) is 0 Å². The normalized spacial score (nSPS) is 13.4. The maximum Gasteiger partial charge on any atom is 0.0456 e. The molecule has 0 spiro atoms. The van der Waals surface area contributed by atoms with Gasteiger partial charge in [-0.05, 0) is 31.2 Å². The molecule has 0 unspecified atom stereocenters. The van der Waals surface area contributed by atoms with E-state index >= 15 is 0 Å². The minimum atomic E-state index is 0.200. The zero-order chi connectivity index (χ0) is 10.1. The number of rotatable bonds is 2. The molecule has 14 heavy (non-hydrogen) atoms. The Morgan fingerprint density at radius 2 is 2.21 bits per heavy atom. The van der Waals surface area contributed by atoms with Gasteiger partial charge in [0.05, 0.1) is 0 Å². The van der Waals surface area contributed by atoms with E-state index in [1.807, 2.05) is 13.0 Å². The fourth-order valence-corrected chi connectivity index (χ4v) is 2.00. The molecule has 0 radical (unpaired) electrons. The van der Waals surface area contributed by atoms with E-state index in [9.17, 15) is 0 Å². The van der Waals surface area contributed by atoms with Gasteiger partial charge in [-0.15, -0.1) is 0 Å². The first-order chi connectivity index (χ1) is 6.65. The van der Waals surface area contributed by atoms with Gasteiger partial charge < -0.3 is 10.7 Å². The predicted octanol–water partition coefficient (Wildman–Crippen LogP) is 2.82. The molecule has 1 aromatic heterocycles. The minimum Gasteiger partial charge on any atom is -0.358 e. The fourth-order valence-electron chi connectivity index (χ4n) is 1.62. The Morgan fingerprint density at radius 3 is 2.93 bits per heavy atom. The van der Waals surface area contributed by atoms with Crippen LogP contribution in [-0.4, -0.2) is 11.0 Å². The number of hydrogen-bond acceptors (Lipinski definition) is 1. The standard InChI is InChI=1S/C11H13BrN2/c1-7(13)4-10-6-8-5-9(12)2-3-11(8)14-10/h2-3,5-7,14H,4,13H2,1H3/t7-/m0/s1. The molecule has 3 heteroatoms. The predicted molar refractivity (Wildman–Crippen MR) is 63.4 cm³/mol. The molecule has 0 saturated carbocycles. The lowest BCUT2D eigenvalue weighted by atomic mass is 10.2. The van der Waals surface area contributed by atoms with Gasteiger partial charge in [-0.3, -0.25) is 0 Å². The van der Waals surface area contributed by atoms with Crippen molar-refractivity contribution in [3.05, 3.63) is 34.4 Å². The summed E-state index contributed by atoms with van der Waals surface area (Å²) < 4.78 is 1.11. The van der Waals surface area contributed by atoms with Gasteiger partial charge in [0.15, 0.2) is 0 Å². The van der Waals surface area contributed by atoms with Gasteiger partial charge in [-0.1, -0.05) is 15.9 Å². The molecule has 0 aliphatic heterocycles. The summed E-state index contributed by atoms with van der Waals surface area (Å²) >= 11 is 3.45. The van der Waals surface area contributed by atoms with Crippen LogP contribution in [0.15, 0.2) is 28.7 Å².